The van der Waals surface area contributed by atoms with E-state index in [2.05, 4.69) is 43.5 Å². The Labute approximate surface area is 135 Å². The van der Waals surface area contributed by atoms with Crippen molar-refractivity contribution in [2.24, 2.45) is 5.16 Å². The molecular formula is C14H18BrN3O2S. The molecule has 1 heterocycles. The van der Waals surface area contributed by atoms with E-state index < -0.39 is 0 Å². The molecule has 3 N–H and O–H groups in total. The highest BCUT2D eigenvalue weighted by atomic mass is 79.9. The molecule has 0 saturated carbocycles. The molecule has 1 unspecified atom stereocenters. The fraction of sp³-hybridized carbons (Fsp3) is 0.429. The van der Waals surface area contributed by atoms with Crippen LogP contribution in [0.4, 0.5) is 0 Å². The van der Waals surface area contributed by atoms with Crippen LogP contribution in [0.3, 0.4) is 0 Å². The minimum absolute atomic E-state index is 0.128. The molecule has 0 spiro atoms. The van der Waals surface area contributed by atoms with E-state index in [4.69, 9.17) is 5.21 Å². The first-order valence-corrected chi connectivity index (χ1v) is 8.97. The molecule has 0 saturated heterocycles. The lowest BCUT2D eigenvalue weighted by atomic mass is 10.1. The largest absolute Gasteiger partial charge is 0.410 e. The van der Waals surface area contributed by atoms with Crippen molar-refractivity contribution < 1.29 is 10.0 Å². The number of fused-ring (bicyclic) bond motifs is 1. The third-order valence-electron chi connectivity index (χ3n) is 3.27. The second-order valence-corrected chi connectivity index (χ2v) is 6.90. The van der Waals surface area contributed by atoms with Gasteiger partial charge in [0.15, 0.2) is 0 Å². The number of halogens is 1. The van der Waals surface area contributed by atoms with Gasteiger partial charge < -0.3 is 15.5 Å². The average molecular weight is 372 g/mol. The third kappa shape index (κ3) is 4.14. The van der Waals surface area contributed by atoms with Crippen LogP contribution in [0.2, 0.25) is 0 Å². The molecule has 0 aliphatic heterocycles. The molecule has 5 nitrogen and oxygen atoms in total. The summed E-state index contributed by atoms with van der Waals surface area (Å²) in [6.07, 6.45) is 9.31. The van der Waals surface area contributed by atoms with E-state index in [9.17, 15) is 4.79 Å². The van der Waals surface area contributed by atoms with E-state index in [-0.39, 0.29) is 11.6 Å². The predicted octanol–water partition coefficient (Wildman–Crippen LogP) is 0.595. The van der Waals surface area contributed by atoms with Crippen molar-refractivity contribution >= 4 is 51.5 Å². The monoisotopic (exact) mass is 371 g/mol. The van der Waals surface area contributed by atoms with E-state index in [1.165, 1.54) is 0 Å². The summed E-state index contributed by atoms with van der Waals surface area (Å²) in [5.74, 6) is 0.509. The average Bonchev–Trinajstić information content (AvgIpc) is 2.87. The fourth-order valence-corrected chi connectivity index (χ4v) is 2.95. The molecule has 1 aliphatic rings. The maximum Gasteiger partial charge on any atom is 0.269 e. The number of aromatic amines is 1. The zero-order valence-electron chi connectivity index (χ0n) is 11.7. The van der Waals surface area contributed by atoms with E-state index in [1.807, 2.05) is 12.5 Å². The number of hydrogen-bond donors (Lipinski definition) is 3. The molecular weight excluding hydrogens is 354 g/mol. The normalized spacial score (nSPS) is 17.6. The first-order valence-electron chi connectivity index (χ1n) is 6.66. The van der Waals surface area contributed by atoms with Crippen molar-refractivity contribution in [1.82, 2.24) is 10.3 Å². The number of amides is 1. The van der Waals surface area contributed by atoms with Gasteiger partial charge in [-0.2, -0.15) is 11.8 Å². The minimum Gasteiger partial charge on any atom is -0.410 e. The second-order valence-electron chi connectivity index (χ2n) is 4.74. The van der Waals surface area contributed by atoms with Gasteiger partial charge in [-0.05, 0) is 23.5 Å². The number of oxime groups is 1. The number of nitrogens with zero attached hydrogens (tertiary/aromatic N) is 1. The van der Waals surface area contributed by atoms with Crippen molar-refractivity contribution in [3.63, 3.8) is 0 Å². The van der Waals surface area contributed by atoms with Crippen LogP contribution in [0, 0.1) is 0 Å². The number of rotatable bonds is 6. The predicted molar refractivity (Wildman–Crippen MR) is 90.6 cm³/mol. The first kappa shape index (κ1) is 16.2. The highest BCUT2D eigenvalue weighted by Crippen LogP contribution is 2.09. The molecule has 1 aromatic rings. The Morgan fingerprint density at radius 1 is 1.67 bits per heavy atom. The summed E-state index contributed by atoms with van der Waals surface area (Å²) in [6.45, 7) is 0.563. The van der Waals surface area contributed by atoms with Crippen LogP contribution in [-0.2, 0) is 11.2 Å². The molecule has 0 bridgehead atoms. The first-order chi connectivity index (χ1) is 10.2. The SMILES string of the molecule is CSCCNC(=O)/C(Cc1c[nH]c2c1=CC(Br)CC=2)=N/O. The van der Waals surface area contributed by atoms with Crippen LogP contribution < -0.4 is 15.9 Å². The Hall–Kier alpha value is -1.21. The minimum atomic E-state index is -0.323. The smallest absolute Gasteiger partial charge is 0.269 e. The summed E-state index contributed by atoms with van der Waals surface area (Å²) < 4.78 is 0. The topological polar surface area (TPSA) is 77.5 Å². The number of alkyl halides is 1. The van der Waals surface area contributed by atoms with E-state index in [0.717, 1.165) is 28.3 Å². The van der Waals surface area contributed by atoms with Crippen LogP contribution in [0.15, 0.2) is 11.4 Å². The Bertz CT molecular complexity index is 654. The Kier molecular flexibility index (Phi) is 5.93. The molecule has 1 aromatic heterocycles. The van der Waals surface area contributed by atoms with Gasteiger partial charge in [-0.15, -0.1) is 0 Å². The van der Waals surface area contributed by atoms with Gasteiger partial charge in [0.2, 0.25) is 0 Å². The number of carbonyl (C=O) groups excluding carboxylic acids is 1. The second kappa shape index (κ2) is 7.70. The van der Waals surface area contributed by atoms with Crippen LogP contribution in [0.5, 0.6) is 0 Å². The number of H-pyrrole nitrogens is 1. The molecule has 0 radical (unpaired) electrons. The zero-order chi connectivity index (χ0) is 15.2. The summed E-state index contributed by atoms with van der Waals surface area (Å²) in [5.41, 5.74) is 1.08. The highest BCUT2D eigenvalue weighted by molar-refractivity contribution is 9.09. The van der Waals surface area contributed by atoms with Gasteiger partial charge in [0.1, 0.15) is 5.71 Å². The number of carbonyl (C=O) groups is 1. The number of thioether (sulfide) groups is 1. The standard InChI is InChI=1S/C14H18BrN3O2S/c1-21-5-4-16-14(19)13(18-20)6-9-8-17-12-3-2-10(15)7-11(9)12/h3,7-8,10,17,20H,2,4-6H2,1H3,(H,16,19)/b18-13+. The third-order valence-corrected chi connectivity index (χ3v) is 4.52. The van der Waals surface area contributed by atoms with Crippen LogP contribution in [0.1, 0.15) is 12.0 Å². The molecule has 1 atom stereocenters. The van der Waals surface area contributed by atoms with Crippen LogP contribution in [0.25, 0.3) is 12.2 Å². The van der Waals surface area contributed by atoms with Crippen molar-refractivity contribution in [3.8, 4) is 0 Å². The van der Waals surface area contributed by atoms with Gasteiger partial charge in [-0.3, -0.25) is 4.79 Å². The van der Waals surface area contributed by atoms with Crippen LogP contribution in [-0.4, -0.2) is 45.2 Å². The Morgan fingerprint density at radius 3 is 3.19 bits per heavy atom. The molecule has 7 heteroatoms. The molecule has 2 rings (SSSR count). The van der Waals surface area contributed by atoms with Gasteiger partial charge in [0.05, 0.1) is 0 Å². The van der Waals surface area contributed by atoms with Crippen molar-refractivity contribution in [3.05, 3.63) is 22.3 Å². The van der Waals surface area contributed by atoms with E-state index in [1.54, 1.807) is 11.8 Å². The lowest BCUT2D eigenvalue weighted by Gasteiger charge is -2.07. The van der Waals surface area contributed by atoms with Crippen molar-refractivity contribution in [2.75, 3.05) is 18.6 Å². The lowest BCUT2D eigenvalue weighted by molar-refractivity contribution is -0.114. The van der Waals surface area contributed by atoms with Gasteiger partial charge >= 0.3 is 0 Å². The van der Waals surface area contributed by atoms with Gasteiger partial charge in [0.25, 0.3) is 5.91 Å². The van der Waals surface area contributed by atoms with Gasteiger partial charge in [-0.1, -0.05) is 33.2 Å². The highest BCUT2D eigenvalue weighted by Gasteiger charge is 2.15. The fourth-order valence-electron chi connectivity index (χ4n) is 2.19. The summed E-state index contributed by atoms with van der Waals surface area (Å²) in [4.78, 5) is 15.4. The molecule has 0 fully saturated rings. The summed E-state index contributed by atoms with van der Waals surface area (Å²) in [7, 11) is 0. The molecule has 114 valence electrons. The van der Waals surface area contributed by atoms with E-state index >= 15 is 0 Å². The summed E-state index contributed by atoms with van der Waals surface area (Å²) in [5, 5.41) is 17.1. The number of nitrogens with one attached hydrogen (secondary N) is 2. The van der Waals surface area contributed by atoms with Gasteiger partial charge in [-0.25, -0.2) is 0 Å². The van der Waals surface area contributed by atoms with E-state index in [0.29, 0.717) is 17.8 Å². The maximum atomic E-state index is 12.0. The Morgan fingerprint density at radius 2 is 2.48 bits per heavy atom. The molecule has 21 heavy (non-hydrogen) atoms. The Balaban J connectivity index is 2.12. The van der Waals surface area contributed by atoms with Gasteiger partial charge in [0, 0.05) is 35.1 Å². The van der Waals surface area contributed by atoms with Crippen molar-refractivity contribution in [1.29, 1.82) is 0 Å². The maximum absolute atomic E-state index is 12.0. The van der Waals surface area contributed by atoms with Crippen LogP contribution >= 0.6 is 27.7 Å². The van der Waals surface area contributed by atoms with Crippen molar-refractivity contribution in [2.45, 2.75) is 17.7 Å². The molecule has 1 aliphatic carbocycles. The number of aromatic nitrogens is 1. The summed E-state index contributed by atoms with van der Waals surface area (Å²) >= 11 is 5.22. The summed E-state index contributed by atoms with van der Waals surface area (Å²) in [6, 6.07) is 0. The number of hydrogen-bond acceptors (Lipinski definition) is 4. The molecule has 1 amide bonds. The molecule has 0 aromatic carbocycles. The zero-order valence-corrected chi connectivity index (χ0v) is 14.1. The quantitative estimate of drug-likeness (QED) is 0.225. The lowest BCUT2D eigenvalue weighted by Crippen LogP contribution is -2.36.